The highest BCUT2D eigenvalue weighted by molar-refractivity contribution is 7.16. The fraction of sp³-hybridized carbons (Fsp3) is 0.0357. The van der Waals surface area contributed by atoms with Crippen molar-refractivity contribution < 1.29 is 4.92 Å². The van der Waals surface area contributed by atoms with Gasteiger partial charge in [0, 0.05) is 34.5 Å². The number of nitro groups is 1. The summed E-state index contributed by atoms with van der Waals surface area (Å²) in [6, 6.07) is 19.7. The molecule has 7 nitrogen and oxygen atoms in total. The number of aromatic nitrogens is 3. The fourth-order valence-corrected chi connectivity index (χ4v) is 4.47. The zero-order chi connectivity index (χ0) is 25.1. The van der Waals surface area contributed by atoms with E-state index in [1.807, 2.05) is 43.3 Å². The van der Waals surface area contributed by atoms with E-state index in [-0.39, 0.29) is 10.6 Å². The molecule has 0 fully saturated rings. The van der Waals surface area contributed by atoms with Crippen LogP contribution in [0.4, 0.5) is 5.00 Å². The van der Waals surface area contributed by atoms with E-state index in [4.69, 9.17) is 4.98 Å². The molecule has 36 heavy (non-hydrogen) atoms. The number of thiophene rings is 1. The SMILES string of the molecule is Cc1cc(C#Cc2cccnc2)ccc1-n1c(/C=C/c2ccc([N+](=O)[O-])s2)nc2ccccc2c1=O. The van der Waals surface area contributed by atoms with Crippen LogP contribution in [-0.2, 0) is 0 Å². The van der Waals surface area contributed by atoms with Crippen molar-refractivity contribution in [3.8, 4) is 17.5 Å². The van der Waals surface area contributed by atoms with Crippen molar-refractivity contribution in [3.63, 3.8) is 0 Å². The largest absolute Gasteiger partial charge is 0.324 e. The van der Waals surface area contributed by atoms with Gasteiger partial charge in [-0.25, -0.2) is 4.98 Å². The lowest BCUT2D eigenvalue weighted by molar-refractivity contribution is -0.380. The van der Waals surface area contributed by atoms with Crippen LogP contribution in [0.5, 0.6) is 0 Å². The van der Waals surface area contributed by atoms with Gasteiger partial charge >= 0.3 is 5.00 Å². The first-order chi connectivity index (χ1) is 17.5. The Bertz CT molecular complexity index is 1760. The molecule has 0 aliphatic carbocycles. The van der Waals surface area contributed by atoms with E-state index in [2.05, 4.69) is 16.8 Å². The third kappa shape index (κ3) is 4.69. The second-order valence-electron chi connectivity index (χ2n) is 7.89. The van der Waals surface area contributed by atoms with Crippen molar-refractivity contribution in [1.82, 2.24) is 14.5 Å². The molecule has 0 unspecified atom stereocenters. The molecular weight excluding hydrogens is 472 g/mol. The summed E-state index contributed by atoms with van der Waals surface area (Å²) in [4.78, 5) is 33.7. The maximum Gasteiger partial charge on any atom is 0.324 e. The average Bonchev–Trinajstić information content (AvgIpc) is 3.37. The van der Waals surface area contributed by atoms with Crippen molar-refractivity contribution >= 4 is 39.4 Å². The normalized spacial score (nSPS) is 10.9. The molecule has 5 aromatic rings. The lowest BCUT2D eigenvalue weighted by atomic mass is 10.1. The van der Waals surface area contributed by atoms with Crippen LogP contribution >= 0.6 is 11.3 Å². The molecule has 0 bridgehead atoms. The van der Waals surface area contributed by atoms with Gasteiger partial charge in [-0.2, -0.15) is 0 Å². The van der Waals surface area contributed by atoms with E-state index in [9.17, 15) is 14.9 Å². The fourth-order valence-electron chi connectivity index (χ4n) is 3.75. The smallest absolute Gasteiger partial charge is 0.268 e. The highest BCUT2D eigenvalue weighted by atomic mass is 32.1. The number of aryl methyl sites for hydroxylation is 1. The zero-order valence-corrected chi connectivity index (χ0v) is 19.9. The molecule has 3 heterocycles. The minimum atomic E-state index is -0.422. The Morgan fingerprint density at radius 3 is 2.58 bits per heavy atom. The highest BCUT2D eigenvalue weighted by Gasteiger charge is 2.14. The number of hydrogen-bond donors (Lipinski definition) is 0. The number of benzene rings is 2. The first-order valence-corrected chi connectivity index (χ1v) is 11.8. The summed E-state index contributed by atoms with van der Waals surface area (Å²) in [7, 11) is 0. The standard InChI is InChI=1S/C28H18N4O3S/c1-19-17-20(8-9-21-5-4-16-29-18-21)10-13-25(19)31-26(14-11-22-12-15-27(36-22)32(34)35)30-24-7-3-2-6-23(24)28(31)33/h2-7,10-18H,1H3/b14-11+. The molecule has 0 atom stereocenters. The quantitative estimate of drug-likeness (QED) is 0.185. The van der Waals surface area contributed by atoms with Crippen LogP contribution in [0.1, 0.15) is 27.4 Å². The van der Waals surface area contributed by atoms with Crippen LogP contribution in [0.25, 0.3) is 28.7 Å². The average molecular weight is 491 g/mol. The van der Waals surface area contributed by atoms with Gasteiger partial charge in [-0.3, -0.25) is 24.5 Å². The second kappa shape index (κ2) is 9.78. The molecule has 0 amide bonds. The summed E-state index contributed by atoms with van der Waals surface area (Å²) in [6.45, 7) is 1.92. The second-order valence-corrected chi connectivity index (χ2v) is 8.98. The van der Waals surface area contributed by atoms with Gasteiger partial charge in [-0.05, 0) is 73.2 Å². The number of nitrogens with zero attached hydrogens (tertiary/aromatic N) is 4. The molecule has 2 aromatic carbocycles. The number of fused-ring (bicyclic) bond motifs is 1. The summed E-state index contributed by atoms with van der Waals surface area (Å²) in [6.07, 6.45) is 6.84. The monoisotopic (exact) mass is 490 g/mol. The zero-order valence-electron chi connectivity index (χ0n) is 19.1. The van der Waals surface area contributed by atoms with Gasteiger partial charge < -0.3 is 0 Å². The minimum absolute atomic E-state index is 0.0531. The first kappa shape index (κ1) is 22.9. The van der Waals surface area contributed by atoms with Crippen LogP contribution in [0.15, 0.2) is 83.9 Å². The van der Waals surface area contributed by atoms with E-state index in [1.54, 1.807) is 53.4 Å². The van der Waals surface area contributed by atoms with Crippen molar-refractivity contribution in [1.29, 1.82) is 0 Å². The molecule has 0 spiro atoms. The van der Waals surface area contributed by atoms with Crippen LogP contribution < -0.4 is 5.56 Å². The van der Waals surface area contributed by atoms with E-state index >= 15 is 0 Å². The Morgan fingerprint density at radius 1 is 1.00 bits per heavy atom. The van der Waals surface area contributed by atoms with Crippen LogP contribution in [0.2, 0.25) is 0 Å². The number of hydrogen-bond acceptors (Lipinski definition) is 6. The third-order valence-electron chi connectivity index (χ3n) is 5.44. The Morgan fingerprint density at radius 2 is 1.83 bits per heavy atom. The molecule has 8 heteroatoms. The number of para-hydroxylation sites is 1. The minimum Gasteiger partial charge on any atom is -0.268 e. The Kier molecular flexibility index (Phi) is 6.22. The van der Waals surface area contributed by atoms with Gasteiger partial charge in [0.2, 0.25) is 0 Å². The van der Waals surface area contributed by atoms with Crippen molar-refractivity contribution in [2.24, 2.45) is 0 Å². The van der Waals surface area contributed by atoms with Crippen molar-refractivity contribution in [3.05, 3.63) is 127 Å². The van der Waals surface area contributed by atoms with E-state index in [1.165, 1.54) is 6.07 Å². The molecule has 0 radical (unpaired) electrons. The van der Waals surface area contributed by atoms with Crippen LogP contribution in [0, 0.1) is 28.9 Å². The van der Waals surface area contributed by atoms with Gasteiger partial charge in [-0.15, -0.1) is 0 Å². The lowest BCUT2D eigenvalue weighted by Crippen LogP contribution is -2.23. The summed E-state index contributed by atoms with van der Waals surface area (Å²) >= 11 is 1.06. The lowest BCUT2D eigenvalue weighted by Gasteiger charge is -2.14. The van der Waals surface area contributed by atoms with Gasteiger partial charge in [0.05, 0.1) is 21.5 Å². The van der Waals surface area contributed by atoms with Gasteiger partial charge in [0.1, 0.15) is 5.82 Å². The molecule has 174 valence electrons. The Balaban J connectivity index is 1.60. The maximum atomic E-state index is 13.6. The number of rotatable bonds is 4. The predicted molar refractivity (Wildman–Crippen MR) is 142 cm³/mol. The number of pyridine rings is 1. The molecule has 3 aromatic heterocycles. The summed E-state index contributed by atoms with van der Waals surface area (Å²) in [5, 5.41) is 11.6. The molecule has 0 N–H and O–H groups in total. The van der Waals surface area contributed by atoms with Gasteiger partial charge in [0.25, 0.3) is 5.56 Å². The maximum absolute atomic E-state index is 13.6. The Hall–Kier alpha value is -4.87. The summed E-state index contributed by atoms with van der Waals surface area (Å²) in [5.41, 5.74) is 3.54. The van der Waals surface area contributed by atoms with Gasteiger partial charge in [0.15, 0.2) is 0 Å². The summed E-state index contributed by atoms with van der Waals surface area (Å²) < 4.78 is 1.56. The van der Waals surface area contributed by atoms with Crippen LogP contribution in [-0.4, -0.2) is 19.5 Å². The molecule has 0 saturated carbocycles. The molecular formula is C28H18N4O3S. The third-order valence-corrected chi connectivity index (χ3v) is 6.44. The van der Waals surface area contributed by atoms with Crippen molar-refractivity contribution in [2.75, 3.05) is 0 Å². The highest BCUT2D eigenvalue weighted by Crippen LogP contribution is 2.26. The van der Waals surface area contributed by atoms with E-state index in [0.29, 0.717) is 27.3 Å². The Labute approximate surface area is 210 Å². The molecule has 0 saturated heterocycles. The van der Waals surface area contributed by atoms with E-state index in [0.717, 1.165) is 28.0 Å². The van der Waals surface area contributed by atoms with Crippen molar-refractivity contribution in [2.45, 2.75) is 6.92 Å². The molecule has 0 aliphatic heterocycles. The summed E-state index contributed by atoms with van der Waals surface area (Å²) in [5.74, 6) is 6.65. The van der Waals surface area contributed by atoms with Gasteiger partial charge in [-0.1, -0.05) is 35.3 Å². The van der Waals surface area contributed by atoms with Crippen LogP contribution in [0.3, 0.4) is 0 Å². The predicted octanol–water partition coefficient (Wildman–Crippen LogP) is 5.63. The first-order valence-electron chi connectivity index (χ1n) is 11.0. The molecule has 5 rings (SSSR count). The molecule has 0 aliphatic rings. The topological polar surface area (TPSA) is 90.9 Å². The van der Waals surface area contributed by atoms with E-state index < -0.39 is 4.92 Å².